The van der Waals surface area contributed by atoms with E-state index in [0.29, 0.717) is 16.5 Å². The molecule has 0 spiro atoms. The molecule has 100 valence electrons. The van der Waals surface area contributed by atoms with Crippen LogP contribution in [-0.2, 0) is 0 Å². The van der Waals surface area contributed by atoms with Gasteiger partial charge in [-0.15, -0.1) is 0 Å². The molecular weight excluding hydrogens is 282 g/mol. The summed E-state index contributed by atoms with van der Waals surface area (Å²) >= 11 is 6.06. The van der Waals surface area contributed by atoms with E-state index in [1.165, 1.54) is 12.1 Å². The summed E-state index contributed by atoms with van der Waals surface area (Å²) in [5.74, 6) is -0.505. The SMILES string of the molecule is Cc1cc(-c2nc(Cl)c3cccc(F)c3n2)ccc1F. The van der Waals surface area contributed by atoms with Gasteiger partial charge in [0, 0.05) is 10.9 Å². The van der Waals surface area contributed by atoms with E-state index in [1.54, 1.807) is 31.2 Å². The first-order valence-electron chi connectivity index (χ1n) is 5.94. The number of benzene rings is 2. The molecular formula is C15H9ClF2N2. The van der Waals surface area contributed by atoms with Gasteiger partial charge in [-0.1, -0.05) is 17.7 Å². The van der Waals surface area contributed by atoms with Crippen molar-refractivity contribution >= 4 is 22.5 Å². The van der Waals surface area contributed by atoms with Crippen molar-refractivity contribution in [2.45, 2.75) is 6.92 Å². The van der Waals surface area contributed by atoms with Gasteiger partial charge >= 0.3 is 0 Å². The smallest absolute Gasteiger partial charge is 0.161 e. The molecule has 0 amide bonds. The summed E-state index contributed by atoms with van der Waals surface area (Å²) < 4.78 is 27.1. The van der Waals surface area contributed by atoms with Gasteiger partial charge in [0.1, 0.15) is 22.3 Å². The van der Waals surface area contributed by atoms with Crippen molar-refractivity contribution < 1.29 is 8.78 Å². The first kappa shape index (κ1) is 12.9. The third kappa shape index (κ3) is 2.12. The standard InChI is InChI=1S/C15H9ClF2N2/c1-8-7-9(5-6-11(8)17)15-19-13-10(14(16)20-15)3-2-4-12(13)18/h2-7H,1H3. The van der Waals surface area contributed by atoms with Crippen LogP contribution < -0.4 is 0 Å². The van der Waals surface area contributed by atoms with Crippen LogP contribution in [0.5, 0.6) is 0 Å². The van der Waals surface area contributed by atoms with E-state index < -0.39 is 5.82 Å². The number of fused-ring (bicyclic) bond motifs is 1. The zero-order valence-corrected chi connectivity index (χ0v) is 11.2. The second-order valence-corrected chi connectivity index (χ2v) is 4.80. The molecule has 5 heteroatoms. The van der Waals surface area contributed by atoms with Crippen LogP contribution in [0, 0.1) is 18.6 Å². The maximum Gasteiger partial charge on any atom is 0.161 e. The van der Waals surface area contributed by atoms with Crippen molar-refractivity contribution in [1.82, 2.24) is 9.97 Å². The number of rotatable bonds is 1. The Bertz CT molecular complexity index is 818. The van der Waals surface area contributed by atoms with Crippen molar-refractivity contribution in [2.75, 3.05) is 0 Å². The van der Waals surface area contributed by atoms with Crippen LogP contribution in [0.15, 0.2) is 36.4 Å². The lowest BCUT2D eigenvalue weighted by Crippen LogP contribution is -1.95. The van der Waals surface area contributed by atoms with Gasteiger partial charge in [-0.3, -0.25) is 0 Å². The fourth-order valence-corrected chi connectivity index (χ4v) is 2.22. The topological polar surface area (TPSA) is 25.8 Å². The largest absolute Gasteiger partial charge is 0.225 e. The number of hydrogen-bond acceptors (Lipinski definition) is 2. The first-order valence-corrected chi connectivity index (χ1v) is 6.32. The molecule has 0 aliphatic carbocycles. The molecule has 20 heavy (non-hydrogen) atoms. The minimum absolute atomic E-state index is 0.157. The van der Waals surface area contributed by atoms with Crippen molar-refractivity contribution in [1.29, 1.82) is 0 Å². The molecule has 0 saturated heterocycles. The Hall–Kier alpha value is -2.07. The average Bonchev–Trinajstić information content (AvgIpc) is 2.43. The quantitative estimate of drug-likeness (QED) is 0.615. The van der Waals surface area contributed by atoms with Crippen molar-refractivity contribution in [3.05, 3.63) is 58.7 Å². The summed E-state index contributed by atoms with van der Waals surface area (Å²) in [7, 11) is 0. The van der Waals surface area contributed by atoms with E-state index in [9.17, 15) is 8.78 Å². The normalized spacial score (nSPS) is 11.0. The lowest BCUT2D eigenvalue weighted by Gasteiger charge is -2.06. The molecule has 0 saturated carbocycles. The van der Waals surface area contributed by atoms with Crippen LogP contribution in [0.4, 0.5) is 8.78 Å². The fourth-order valence-electron chi connectivity index (χ4n) is 1.99. The van der Waals surface area contributed by atoms with Gasteiger partial charge in [0.25, 0.3) is 0 Å². The van der Waals surface area contributed by atoms with Gasteiger partial charge < -0.3 is 0 Å². The number of aromatic nitrogens is 2. The Balaban J connectivity index is 2.26. The summed E-state index contributed by atoms with van der Waals surface area (Å²) in [5, 5.41) is 0.626. The predicted molar refractivity (Wildman–Crippen MR) is 74.6 cm³/mol. The molecule has 1 heterocycles. The molecule has 0 aliphatic heterocycles. The minimum atomic E-state index is -0.466. The Kier molecular flexibility index (Phi) is 3.10. The summed E-state index contributed by atoms with van der Waals surface area (Å²) in [6, 6.07) is 8.99. The van der Waals surface area contributed by atoms with E-state index in [2.05, 4.69) is 9.97 Å². The third-order valence-corrected chi connectivity index (χ3v) is 3.34. The lowest BCUT2D eigenvalue weighted by molar-refractivity contribution is 0.618. The van der Waals surface area contributed by atoms with Gasteiger partial charge in [0.05, 0.1) is 0 Å². The molecule has 0 radical (unpaired) electrons. The third-order valence-electron chi connectivity index (χ3n) is 3.05. The summed E-state index contributed by atoms with van der Waals surface area (Å²) in [6.07, 6.45) is 0. The zero-order chi connectivity index (χ0) is 14.3. The maximum absolute atomic E-state index is 13.8. The van der Waals surface area contributed by atoms with Crippen LogP contribution in [0.3, 0.4) is 0 Å². The second-order valence-electron chi connectivity index (χ2n) is 4.44. The number of hydrogen-bond donors (Lipinski definition) is 0. The van der Waals surface area contributed by atoms with E-state index in [1.807, 2.05) is 0 Å². The molecule has 0 aliphatic rings. The Morgan fingerprint density at radius 1 is 1.00 bits per heavy atom. The Morgan fingerprint density at radius 3 is 2.55 bits per heavy atom. The van der Waals surface area contributed by atoms with E-state index >= 15 is 0 Å². The van der Waals surface area contributed by atoms with Crippen molar-refractivity contribution in [3.63, 3.8) is 0 Å². The van der Waals surface area contributed by atoms with Gasteiger partial charge in [-0.05, 0) is 42.8 Å². The monoisotopic (exact) mass is 290 g/mol. The van der Waals surface area contributed by atoms with E-state index in [4.69, 9.17) is 11.6 Å². The number of halogens is 3. The average molecular weight is 291 g/mol. The van der Waals surface area contributed by atoms with Gasteiger partial charge in [-0.25, -0.2) is 18.7 Å². The highest BCUT2D eigenvalue weighted by molar-refractivity contribution is 6.34. The van der Waals surface area contributed by atoms with Gasteiger partial charge in [0.2, 0.25) is 0 Å². The molecule has 0 bridgehead atoms. The first-order chi connectivity index (χ1) is 9.56. The van der Waals surface area contributed by atoms with Gasteiger partial charge in [-0.2, -0.15) is 0 Å². The molecule has 0 N–H and O–H groups in total. The Labute approximate surface area is 119 Å². The fraction of sp³-hybridized carbons (Fsp3) is 0.0667. The highest BCUT2D eigenvalue weighted by Crippen LogP contribution is 2.27. The van der Waals surface area contributed by atoms with Crippen LogP contribution in [-0.4, -0.2) is 9.97 Å². The number of aryl methyl sites for hydroxylation is 1. The second kappa shape index (κ2) is 4.80. The molecule has 1 aromatic heterocycles. The summed E-state index contributed by atoms with van der Waals surface area (Å²) in [6.45, 7) is 1.64. The molecule has 3 aromatic rings. The molecule has 0 fully saturated rings. The highest BCUT2D eigenvalue weighted by Gasteiger charge is 2.11. The number of nitrogens with zero attached hydrogens (tertiary/aromatic N) is 2. The van der Waals surface area contributed by atoms with Crippen LogP contribution in [0.25, 0.3) is 22.3 Å². The zero-order valence-electron chi connectivity index (χ0n) is 10.5. The molecule has 3 rings (SSSR count). The predicted octanol–water partition coefficient (Wildman–Crippen LogP) is 4.54. The maximum atomic E-state index is 13.8. The highest BCUT2D eigenvalue weighted by atomic mass is 35.5. The van der Waals surface area contributed by atoms with Crippen LogP contribution in [0.1, 0.15) is 5.56 Å². The van der Waals surface area contributed by atoms with Crippen molar-refractivity contribution in [2.24, 2.45) is 0 Å². The molecule has 0 atom stereocenters. The molecule has 0 unspecified atom stereocenters. The molecule has 2 aromatic carbocycles. The Morgan fingerprint density at radius 2 is 1.80 bits per heavy atom. The lowest BCUT2D eigenvalue weighted by atomic mass is 10.1. The summed E-state index contributed by atoms with van der Waals surface area (Å²) in [5.41, 5.74) is 1.22. The minimum Gasteiger partial charge on any atom is -0.225 e. The van der Waals surface area contributed by atoms with E-state index in [0.717, 1.165) is 0 Å². The van der Waals surface area contributed by atoms with Crippen LogP contribution >= 0.6 is 11.6 Å². The van der Waals surface area contributed by atoms with Gasteiger partial charge in [0.15, 0.2) is 5.82 Å². The van der Waals surface area contributed by atoms with E-state index in [-0.39, 0.29) is 22.3 Å². The number of para-hydroxylation sites is 1. The summed E-state index contributed by atoms with van der Waals surface area (Å²) in [4.78, 5) is 8.33. The van der Waals surface area contributed by atoms with Crippen molar-refractivity contribution in [3.8, 4) is 11.4 Å². The molecule has 2 nitrogen and oxygen atoms in total. The van der Waals surface area contributed by atoms with Crippen LogP contribution in [0.2, 0.25) is 5.15 Å².